The third kappa shape index (κ3) is 1.91. The Morgan fingerprint density at radius 3 is 3.06 bits per heavy atom. The minimum Gasteiger partial charge on any atom is -0.398 e. The molecule has 1 atom stereocenters. The van der Waals surface area contributed by atoms with Gasteiger partial charge in [0.2, 0.25) is 0 Å². The highest BCUT2D eigenvalue weighted by Gasteiger charge is 2.22. The van der Waals surface area contributed by atoms with E-state index in [4.69, 9.17) is 12.2 Å². The largest absolute Gasteiger partial charge is 0.398 e. The second kappa shape index (κ2) is 4.59. The smallest absolute Gasteiger partial charge is 0.0712 e. The molecular weight excluding hydrogens is 196 g/mol. The minimum absolute atomic E-state index is 0.243. The maximum atomic E-state index is 6.01. The summed E-state index contributed by atoms with van der Waals surface area (Å²) >= 11 is 0. The number of benzene rings is 1. The summed E-state index contributed by atoms with van der Waals surface area (Å²) in [5, 5.41) is 0. The van der Waals surface area contributed by atoms with E-state index in [1.54, 1.807) is 0 Å². The van der Waals surface area contributed by atoms with Crippen LogP contribution in [-0.2, 0) is 13.0 Å². The molecule has 1 heterocycles. The van der Waals surface area contributed by atoms with Crippen molar-refractivity contribution in [2.75, 3.05) is 12.3 Å². The topological polar surface area (TPSA) is 29.3 Å². The standard InChI is InChI=1S/C14H18N2/c1-3-12(4-2)16-9-8-11-6-5-7-14(15)13(11)10-16/h1,5-7,12H,4,8-10,15H2,2H3. The van der Waals surface area contributed by atoms with Gasteiger partial charge in [0.25, 0.3) is 0 Å². The van der Waals surface area contributed by atoms with Crippen molar-refractivity contribution in [1.82, 2.24) is 4.90 Å². The molecule has 1 aromatic carbocycles. The van der Waals surface area contributed by atoms with E-state index < -0.39 is 0 Å². The van der Waals surface area contributed by atoms with E-state index in [1.807, 2.05) is 12.1 Å². The van der Waals surface area contributed by atoms with Gasteiger partial charge in [0, 0.05) is 18.8 Å². The first-order valence-corrected chi connectivity index (χ1v) is 5.82. The molecule has 0 aromatic heterocycles. The molecule has 0 saturated carbocycles. The lowest BCUT2D eigenvalue weighted by molar-refractivity contribution is 0.213. The molecule has 1 aliphatic heterocycles. The van der Waals surface area contributed by atoms with E-state index in [0.29, 0.717) is 0 Å². The molecule has 0 amide bonds. The fourth-order valence-corrected chi connectivity index (χ4v) is 2.38. The number of anilines is 1. The first-order chi connectivity index (χ1) is 7.76. The van der Waals surface area contributed by atoms with Crippen molar-refractivity contribution in [3.63, 3.8) is 0 Å². The Hall–Kier alpha value is -1.46. The van der Waals surface area contributed by atoms with Crippen molar-refractivity contribution in [1.29, 1.82) is 0 Å². The van der Waals surface area contributed by atoms with Gasteiger partial charge in [-0.1, -0.05) is 25.0 Å². The zero-order chi connectivity index (χ0) is 11.5. The minimum atomic E-state index is 0.243. The molecule has 16 heavy (non-hydrogen) atoms. The molecule has 2 N–H and O–H groups in total. The summed E-state index contributed by atoms with van der Waals surface area (Å²) in [6, 6.07) is 6.41. The van der Waals surface area contributed by atoms with Crippen molar-refractivity contribution in [2.24, 2.45) is 0 Å². The lowest BCUT2D eigenvalue weighted by atomic mass is 9.96. The van der Waals surface area contributed by atoms with E-state index in [9.17, 15) is 0 Å². The lowest BCUT2D eigenvalue weighted by Crippen LogP contribution is -2.38. The molecule has 0 aliphatic carbocycles. The zero-order valence-electron chi connectivity index (χ0n) is 9.74. The lowest BCUT2D eigenvalue weighted by Gasteiger charge is -2.33. The summed E-state index contributed by atoms with van der Waals surface area (Å²) in [5.74, 6) is 2.86. The van der Waals surface area contributed by atoms with Crippen molar-refractivity contribution in [3.05, 3.63) is 29.3 Å². The number of nitrogen functional groups attached to an aromatic ring is 1. The molecule has 0 saturated heterocycles. The second-order valence-corrected chi connectivity index (χ2v) is 4.30. The molecule has 1 aliphatic rings. The van der Waals surface area contributed by atoms with E-state index in [-0.39, 0.29) is 6.04 Å². The van der Waals surface area contributed by atoms with Gasteiger partial charge in [-0.05, 0) is 30.0 Å². The van der Waals surface area contributed by atoms with Crippen LogP contribution in [0.1, 0.15) is 24.5 Å². The van der Waals surface area contributed by atoms with Gasteiger partial charge in [0.05, 0.1) is 6.04 Å². The Morgan fingerprint density at radius 2 is 2.38 bits per heavy atom. The van der Waals surface area contributed by atoms with Crippen LogP contribution < -0.4 is 5.73 Å². The molecule has 2 rings (SSSR count). The number of fused-ring (bicyclic) bond motifs is 1. The van der Waals surface area contributed by atoms with E-state index in [1.165, 1.54) is 11.1 Å². The van der Waals surface area contributed by atoms with Crippen molar-refractivity contribution in [2.45, 2.75) is 32.4 Å². The van der Waals surface area contributed by atoms with Crippen molar-refractivity contribution in [3.8, 4) is 12.3 Å². The van der Waals surface area contributed by atoms with Crippen LogP contribution in [-0.4, -0.2) is 17.5 Å². The number of terminal acetylenes is 1. The SMILES string of the molecule is C#CC(CC)N1CCc2cccc(N)c2C1. The quantitative estimate of drug-likeness (QED) is 0.603. The van der Waals surface area contributed by atoms with Crippen LogP contribution in [0.4, 0.5) is 5.69 Å². The average Bonchev–Trinajstić information content (AvgIpc) is 2.32. The number of nitrogens with two attached hydrogens (primary N) is 1. The molecule has 0 spiro atoms. The Balaban J connectivity index is 2.23. The highest BCUT2D eigenvalue weighted by atomic mass is 15.2. The third-order valence-electron chi connectivity index (χ3n) is 3.36. The number of nitrogens with zero attached hydrogens (tertiary/aromatic N) is 1. The average molecular weight is 214 g/mol. The Labute approximate surface area is 97.4 Å². The highest BCUT2D eigenvalue weighted by Crippen LogP contribution is 2.25. The van der Waals surface area contributed by atoms with Gasteiger partial charge in [0.1, 0.15) is 0 Å². The monoisotopic (exact) mass is 214 g/mol. The highest BCUT2D eigenvalue weighted by molar-refractivity contribution is 5.51. The fraction of sp³-hybridized carbons (Fsp3) is 0.429. The maximum Gasteiger partial charge on any atom is 0.0712 e. The third-order valence-corrected chi connectivity index (χ3v) is 3.36. The van der Waals surface area contributed by atoms with Crippen LogP contribution in [0.25, 0.3) is 0 Å². The summed E-state index contributed by atoms with van der Waals surface area (Å²) in [6.45, 7) is 4.07. The summed E-state index contributed by atoms with van der Waals surface area (Å²) in [6.07, 6.45) is 7.60. The summed E-state index contributed by atoms with van der Waals surface area (Å²) in [7, 11) is 0. The molecule has 84 valence electrons. The molecule has 0 bridgehead atoms. The summed E-state index contributed by atoms with van der Waals surface area (Å²) in [4.78, 5) is 2.35. The van der Waals surface area contributed by atoms with Crippen LogP contribution in [0.15, 0.2) is 18.2 Å². The van der Waals surface area contributed by atoms with Gasteiger partial charge in [0.15, 0.2) is 0 Å². The Morgan fingerprint density at radius 1 is 1.56 bits per heavy atom. The molecule has 0 radical (unpaired) electrons. The summed E-state index contributed by atoms with van der Waals surface area (Å²) in [5.41, 5.74) is 9.55. The van der Waals surface area contributed by atoms with Crippen LogP contribution in [0.3, 0.4) is 0 Å². The van der Waals surface area contributed by atoms with Gasteiger partial charge in [-0.2, -0.15) is 0 Å². The van der Waals surface area contributed by atoms with Crippen LogP contribution in [0, 0.1) is 12.3 Å². The van der Waals surface area contributed by atoms with Gasteiger partial charge >= 0.3 is 0 Å². The van der Waals surface area contributed by atoms with Crippen LogP contribution in [0.5, 0.6) is 0 Å². The van der Waals surface area contributed by atoms with Crippen molar-refractivity contribution < 1.29 is 0 Å². The predicted octanol–water partition coefficient (Wildman–Crippen LogP) is 2.04. The number of hydrogen-bond donors (Lipinski definition) is 1. The van der Waals surface area contributed by atoms with Gasteiger partial charge in [-0.3, -0.25) is 4.90 Å². The normalized spacial score (nSPS) is 17.5. The predicted molar refractivity (Wildman–Crippen MR) is 67.9 cm³/mol. The first kappa shape index (κ1) is 11.0. The molecule has 0 fully saturated rings. The van der Waals surface area contributed by atoms with E-state index in [0.717, 1.165) is 31.6 Å². The van der Waals surface area contributed by atoms with Gasteiger partial charge in [-0.25, -0.2) is 0 Å². The Kier molecular flexibility index (Phi) is 3.17. The molecule has 2 nitrogen and oxygen atoms in total. The van der Waals surface area contributed by atoms with Gasteiger partial charge < -0.3 is 5.73 Å². The van der Waals surface area contributed by atoms with E-state index >= 15 is 0 Å². The van der Waals surface area contributed by atoms with Crippen LogP contribution >= 0.6 is 0 Å². The first-order valence-electron chi connectivity index (χ1n) is 5.82. The molecular formula is C14H18N2. The Bertz CT molecular complexity index is 417. The fourth-order valence-electron chi connectivity index (χ4n) is 2.38. The number of hydrogen-bond acceptors (Lipinski definition) is 2. The molecule has 2 heteroatoms. The maximum absolute atomic E-state index is 6.01. The zero-order valence-corrected chi connectivity index (χ0v) is 9.74. The molecule has 1 aromatic rings. The van der Waals surface area contributed by atoms with E-state index in [2.05, 4.69) is 23.8 Å². The molecule has 1 unspecified atom stereocenters. The van der Waals surface area contributed by atoms with Gasteiger partial charge in [-0.15, -0.1) is 6.42 Å². The second-order valence-electron chi connectivity index (χ2n) is 4.30. The number of rotatable bonds is 2. The van der Waals surface area contributed by atoms with Crippen LogP contribution in [0.2, 0.25) is 0 Å². The van der Waals surface area contributed by atoms with Crippen molar-refractivity contribution >= 4 is 5.69 Å². The summed E-state index contributed by atoms with van der Waals surface area (Å²) < 4.78 is 0.